The Morgan fingerprint density at radius 1 is 0.594 bits per heavy atom. The maximum absolute atomic E-state index is 9.91. The monoisotopic (exact) mass is 441 g/mol. The fraction of sp³-hybridized carbons (Fsp3) is 0.968. The van der Waals surface area contributed by atoms with Crippen molar-refractivity contribution in [2.75, 3.05) is 0 Å². The lowest BCUT2D eigenvalue weighted by Gasteiger charge is -2.43. The molecule has 3 aliphatic rings. The minimum atomic E-state index is 0.0383. The molecule has 0 aromatic rings. The van der Waals surface area contributed by atoms with Crippen LogP contribution in [0.25, 0.3) is 0 Å². The molecular formula is C31H55N. The largest absolute Gasteiger partial charge is 0.198 e. The van der Waals surface area contributed by atoms with Crippen molar-refractivity contribution in [3.05, 3.63) is 0 Å². The molecule has 0 radical (unpaired) electrons. The van der Waals surface area contributed by atoms with E-state index in [1.165, 1.54) is 128 Å². The zero-order chi connectivity index (χ0) is 22.7. The lowest BCUT2D eigenvalue weighted by atomic mass is 9.62. The molecule has 3 aliphatic carbocycles. The lowest BCUT2D eigenvalue weighted by molar-refractivity contribution is 0.0897. The van der Waals surface area contributed by atoms with Crippen LogP contribution in [-0.2, 0) is 0 Å². The van der Waals surface area contributed by atoms with Gasteiger partial charge < -0.3 is 0 Å². The van der Waals surface area contributed by atoms with Gasteiger partial charge in [-0.25, -0.2) is 0 Å². The fourth-order valence-corrected chi connectivity index (χ4v) is 7.87. The average Bonchev–Trinajstić information content (AvgIpc) is 2.85. The van der Waals surface area contributed by atoms with E-state index in [-0.39, 0.29) is 5.41 Å². The maximum atomic E-state index is 9.91. The normalized spacial score (nSPS) is 36.0. The van der Waals surface area contributed by atoms with Gasteiger partial charge in [-0.3, -0.25) is 0 Å². The van der Waals surface area contributed by atoms with E-state index >= 15 is 0 Å². The standard InChI is InChI=1S/C31H55N/c1-3-5-7-9-11-26-12-14-27(15-13-26)28-16-18-29(19-17-28)30-20-23-31(25-32,24-21-30)22-10-8-6-4-2/h26-30H,3-24H2,1-2H3/t26-,27-,28?,29?,30-,31-. The molecule has 0 bridgehead atoms. The zero-order valence-electron chi connectivity index (χ0n) is 21.9. The molecule has 32 heavy (non-hydrogen) atoms. The molecule has 0 aliphatic heterocycles. The van der Waals surface area contributed by atoms with Crippen LogP contribution in [-0.4, -0.2) is 0 Å². The molecule has 0 aromatic heterocycles. The van der Waals surface area contributed by atoms with Crippen LogP contribution in [0.4, 0.5) is 0 Å². The van der Waals surface area contributed by atoms with Crippen molar-refractivity contribution in [1.29, 1.82) is 5.26 Å². The number of nitrogens with zero attached hydrogens (tertiary/aromatic N) is 1. The summed E-state index contributed by atoms with van der Waals surface area (Å²) in [4.78, 5) is 0. The minimum Gasteiger partial charge on any atom is -0.198 e. The quantitative estimate of drug-likeness (QED) is 0.276. The number of hydrogen-bond donors (Lipinski definition) is 0. The first kappa shape index (κ1) is 26.1. The summed E-state index contributed by atoms with van der Waals surface area (Å²) in [7, 11) is 0. The Kier molecular flexibility index (Phi) is 11.4. The molecule has 3 saturated carbocycles. The highest BCUT2D eigenvalue weighted by Gasteiger charge is 2.39. The molecule has 0 saturated heterocycles. The number of nitriles is 1. The van der Waals surface area contributed by atoms with Crippen molar-refractivity contribution in [1.82, 2.24) is 0 Å². The molecule has 3 rings (SSSR count). The third-order valence-corrected chi connectivity index (χ3v) is 10.2. The Hall–Kier alpha value is -0.510. The summed E-state index contributed by atoms with van der Waals surface area (Å²) >= 11 is 0. The van der Waals surface area contributed by atoms with Gasteiger partial charge in [0.1, 0.15) is 0 Å². The molecule has 0 unspecified atom stereocenters. The third-order valence-electron chi connectivity index (χ3n) is 10.2. The predicted octanol–water partition coefficient (Wildman–Crippen LogP) is 10.2. The van der Waals surface area contributed by atoms with Crippen molar-refractivity contribution in [2.24, 2.45) is 35.0 Å². The van der Waals surface area contributed by atoms with Gasteiger partial charge >= 0.3 is 0 Å². The number of rotatable bonds is 12. The van der Waals surface area contributed by atoms with Gasteiger partial charge in [-0.1, -0.05) is 84.5 Å². The van der Waals surface area contributed by atoms with Crippen LogP contribution in [0.5, 0.6) is 0 Å². The first-order chi connectivity index (χ1) is 15.7. The molecule has 184 valence electrons. The van der Waals surface area contributed by atoms with Crippen LogP contribution < -0.4 is 0 Å². The molecular weight excluding hydrogens is 386 g/mol. The second kappa shape index (κ2) is 14.0. The molecule has 0 spiro atoms. The van der Waals surface area contributed by atoms with Gasteiger partial charge in [-0.05, 0) is 100 Å². The Labute approximate surface area is 201 Å². The third kappa shape index (κ3) is 7.77. The number of hydrogen-bond acceptors (Lipinski definition) is 1. The Bertz CT molecular complexity index is 521. The van der Waals surface area contributed by atoms with E-state index in [1.807, 2.05) is 0 Å². The summed E-state index contributed by atoms with van der Waals surface area (Å²) in [5.41, 5.74) is 0.0383. The van der Waals surface area contributed by atoms with E-state index in [0.717, 1.165) is 29.6 Å². The van der Waals surface area contributed by atoms with Crippen LogP contribution >= 0.6 is 0 Å². The fourth-order valence-electron chi connectivity index (χ4n) is 7.87. The van der Waals surface area contributed by atoms with Crippen LogP contribution in [0.2, 0.25) is 0 Å². The van der Waals surface area contributed by atoms with Gasteiger partial charge in [0.25, 0.3) is 0 Å². The lowest BCUT2D eigenvalue weighted by Crippen LogP contribution is -2.32. The summed E-state index contributed by atoms with van der Waals surface area (Å²) in [6, 6.07) is 2.79. The molecule has 0 atom stereocenters. The van der Waals surface area contributed by atoms with E-state index in [0.29, 0.717) is 0 Å². The van der Waals surface area contributed by atoms with E-state index in [9.17, 15) is 5.26 Å². The summed E-state index contributed by atoms with van der Waals surface area (Å²) in [6.07, 6.45) is 31.0. The van der Waals surface area contributed by atoms with Crippen LogP contribution in [0.15, 0.2) is 0 Å². The van der Waals surface area contributed by atoms with Gasteiger partial charge in [0.2, 0.25) is 0 Å². The number of unbranched alkanes of at least 4 members (excludes halogenated alkanes) is 6. The van der Waals surface area contributed by atoms with E-state index in [2.05, 4.69) is 19.9 Å². The van der Waals surface area contributed by atoms with Crippen molar-refractivity contribution in [3.8, 4) is 6.07 Å². The van der Waals surface area contributed by atoms with Gasteiger partial charge in [0, 0.05) is 0 Å². The Morgan fingerprint density at radius 2 is 1.06 bits per heavy atom. The van der Waals surface area contributed by atoms with Crippen molar-refractivity contribution in [3.63, 3.8) is 0 Å². The molecule has 1 nitrogen and oxygen atoms in total. The molecule has 0 heterocycles. The highest BCUT2D eigenvalue weighted by molar-refractivity contribution is 5.02. The molecule has 0 N–H and O–H groups in total. The van der Waals surface area contributed by atoms with E-state index in [4.69, 9.17) is 0 Å². The summed E-state index contributed by atoms with van der Waals surface area (Å²) in [6.45, 7) is 4.60. The maximum Gasteiger partial charge on any atom is 0.0689 e. The van der Waals surface area contributed by atoms with Crippen molar-refractivity contribution < 1.29 is 0 Å². The second-order valence-corrected chi connectivity index (χ2v) is 12.3. The highest BCUT2D eigenvalue weighted by atomic mass is 14.5. The smallest absolute Gasteiger partial charge is 0.0689 e. The molecule has 3 fully saturated rings. The topological polar surface area (TPSA) is 23.8 Å². The Balaban J connectivity index is 1.32. The van der Waals surface area contributed by atoms with Crippen molar-refractivity contribution in [2.45, 2.75) is 155 Å². The van der Waals surface area contributed by atoms with Gasteiger partial charge in [0.05, 0.1) is 11.5 Å². The van der Waals surface area contributed by atoms with Gasteiger partial charge in [-0.15, -0.1) is 0 Å². The first-order valence-corrected chi connectivity index (χ1v) is 15.1. The summed E-state index contributed by atoms with van der Waals surface area (Å²) in [5.74, 6) is 5.09. The first-order valence-electron chi connectivity index (χ1n) is 15.1. The summed E-state index contributed by atoms with van der Waals surface area (Å²) < 4.78 is 0. The SMILES string of the molecule is CCCCCC[C@H]1CC[C@H](C2CCC([C@H]3CC[C@@](C#N)(CCCCCC)CC3)CC2)CC1. The van der Waals surface area contributed by atoms with Gasteiger partial charge in [0.15, 0.2) is 0 Å². The Morgan fingerprint density at radius 3 is 1.56 bits per heavy atom. The predicted molar refractivity (Wildman–Crippen MR) is 138 cm³/mol. The zero-order valence-corrected chi connectivity index (χ0v) is 21.9. The minimum absolute atomic E-state index is 0.0383. The van der Waals surface area contributed by atoms with Crippen LogP contribution in [0, 0.1) is 46.3 Å². The molecule has 1 heteroatoms. The molecule has 0 aromatic carbocycles. The van der Waals surface area contributed by atoms with E-state index < -0.39 is 0 Å². The van der Waals surface area contributed by atoms with Crippen LogP contribution in [0.3, 0.4) is 0 Å². The molecule has 0 amide bonds. The second-order valence-electron chi connectivity index (χ2n) is 12.3. The van der Waals surface area contributed by atoms with E-state index in [1.54, 1.807) is 12.8 Å². The van der Waals surface area contributed by atoms with Crippen LogP contribution in [0.1, 0.15) is 155 Å². The average molecular weight is 442 g/mol. The van der Waals surface area contributed by atoms with Gasteiger partial charge in [-0.2, -0.15) is 5.26 Å². The summed E-state index contributed by atoms with van der Waals surface area (Å²) in [5, 5.41) is 9.91. The highest BCUT2D eigenvalue weighted by Crippen LogP contribution is 2.49. The van der Waals surface area contributed by atoms with Crippen molar-refractivity contribution >= 4 is 0 Å².